The van der Waals surface area contributed by atoms with Crippen LogP contribution in [0.5, 0.6) is 0 Å². The number of nitrogen functional groups attached to an aromatic ring is 1. The number of halogens is 2. The minimum atomic E-state index is -1.25. The van der Waals surface area contributed by atoms with Crippen LogP contribution in [0.2, 0.25) is 0 Å². The number of benzene rings is 2. The second-order valence-electron chi connectivity index (χ2n) is 4.24. The van der Waals surface area contributed by atoms with Gasteiger partial charge in [0.15, 0.2) is 0 Å². The minimum Gasteiger partial charge on any atom is -0.398 e. The third-order valence-electron chi connectivity index (χ3n) is 2.81. The van der Waals surface area contributed by atoms with E-state index in [1.807, 2.05) is 0 Å². The maximum atomic E-state index is 13.0. The van der Waals surface area contributed by atoms with Gasteiger partial charge in [-0.15, -0.1) is 0 Å². The van der Waals surface area contributed by atoms with Crippen molar-refractivity contribution in [2.75, 3.05) is 5.73 Å². The fourth-order valence-electron chi connectivity index (χ4n) is 1.75. The number of hydrogen-bond donors (Lipinski definition) is 1. The smallest absolute Gasteiger partial charge is 0.123 e. The van der Waals surface area contributed by atoms with E-state index in [4.69, 9.17) is 5.73 Å². The normalized spacial score (nSPS) is 12.4. The minimum absolute atomic E-state index is 0.283. The van der Waals surface area contributed by atoms with Gasteiger partial charge in [-0.05, 0) is 48.4 Å². The summed E-state index contributed by atoms with van der Waals surface area (Å²) in [6.45, 7) is 1.81. The number of rotatable bonds is 3. The molecule has 2 aromatic rings. The van der Waals surface area contributed by atoms with E-state index in [9.17, 15) is 8.60 Å². The van der Waals surface area contributed by atoms with Gasteiger partial charge in [0, 0.05) is 10.2 Å². The average Bonchev–Trinajstić information content (AvgIpc) is 2.35. The number of anilines is 1. The molecule has 0 saturated heterocycles. The van der Waals surface area contributed by atoms with Crippen molar-refractivity contribution in [3.63, 3.8) is 0 Å². The predicted octanol–water partition coefficient (Wildman–Crippen LogP) is 3.79. The van der Waals surface area contributed by atoms with Gasteiger partial charge in [-0.2, -0.15) is 0 Å². The Morgan fingerprint density at radius 3 is 2.68 bits per heavy atom. The lowest BCUT2D eigenvalue weighted by Crippen LogP contribution is -2.02. The Balaban J connectivity index is 2.28. The topological polar surface area (TPSA) is 43.1 Å². The van der Waals surface area contributed by atoms with Crippen LogP contribution < -0.4 is 5.73 Å². The van der Waals surface area contributed by atoms with Crippen LogP contribution in [0, 0.1) is 12.7 Å². The van der Waals surface area contributed by atoms with E-state index in [-0.39, 0.29) is 5.82 Å². The number of nitrogens with two attached hydrogens (primary N) is 1. The van der Waals surface area contributed by atoms with E-state index in [1.165, 1.54) is 12.1 Å². The van der Waals surface area contributed by atoms with Crippen molar-refractivity contribution in [1.82, 2.24) is 0 Å². The van der Waals surface area contributed by atoms with Crippen molar-refractivity contribution in [3.8, 4) is 0 Å². The van der Waals surface area contributed by atoms with Gasteiger partial charge in [-0.3, -0.25) is 4.21 Å². The first-order chi connectivity index (χ1) is 8.97. The van der Waals surface area contributed by atoms with Crippen molar-refractivity contribution < 1.29 is 8.60 Å². The van der Waals surface area contributed by atoms with Crippen molar-refractivity contribution in [3.05, 3.63) is 57.8 Å². The van der Waals surface area contributed by atoms with Crippen LogP contribution in [0.3, 0.4) is 0 Å². The monoisotopic (exact) mass is 341 g/mol. The zero-order chi connectivity index (χ0) is 14.0. The fourth-order valence-corrected chi connectivity index (χ4v) is 3.61. The molecule has 0 saturated carbocycles. The largest absolute Gasteiger partial charge is 0.398 e. The summed E-state index contributed by atoms with van der Waals surface area (Å²) in [7, 11) is -1.25. The average molecular weight is 342 g/mol. The first-order valence-electron chi connectivity index (χ1n) is 5.66. The van der Waals surface area contributed by atoms with Gasteiger partial charge in [0.05, 0.1) is 21.4 Å². The van der Waals surface area contributed by atoms with Crippen molar-refractivity contribution in [2.24, 2.45) is 0 Å². The van der Waals surface area contributed by atoms with Gasteiger partial charge in [0.2, 0.25) is 0 Å². The molecule has 0 radical (unpaired) electrons. The molecule has 0 amide bonds. The lowest BCUT2D eigenvalue weighted by atomic mass is 10.1. The Bertz CT molecular complexity index is 645. The Labute approximate surface area is 122 Å². The van der Waals surface area contributed by atoms with Gasteiger partial charge >= 0.3 is 0 Å². The molecule has 1 unspecified atom stereocenters. The molecule has 0 aliphatic heterocycles. The lowest BCUT2D eigenvalue weighted by Gasteiger charge is -2.08. The molecule has 2 N–H and O–H groups in total. The van der Waals surface area contributed by atoms with Crippen LogP contribution in [0.25, 0.3) is 0 Å². The SMILES string of the molecule is Cc1cc(F)ccc1CS(=O)c1cc(Br)ccc1N. The predicted molar refractivity (Wildman–Crippen MR) is 79.8 cm³/mol. The molecule has 0 aliphatic rings. The summed E-state index contributed by atoms with van der Waals surface area (Å²) in [6, 6.07) is 9.76. The van der Waals surface area contributed by atoms with E-state index in [1.54, 1.807) is 31.2 Å². The molecule has 19 heavy (non-hydrogen) atoms. The summed E-state index contributed by atoms with van der Waals surface area (Å²) in [5.41, 5.74) is 7.99. The second kappa shape index (κ2) is 5.84. The molecular weight excluding hydrogens is 329 g/mol. The summed E-state index contributed by atoms with van der Waals surface area (Å²) < 4.78 is 26.2. The molecule has 0 spiro atoms. The molecule has 1 atom stereocenters. The van der Waals surface area contributed by atoms with Crippen LogP contribution in [-0.4, -0.2) is 4.21 Å². The summed E-state index contributed by atoms with van der Waals surface area (Å²) in [5, 5.41) is 0. The maximum Gasteiger partial charge on any atom is 0.123 e. The molecule has 0 heterocycles. The summed E-state index contributed by atoms with van der Waals surface area (Å²) in [5.74, 6) is 0.0428. The molecule has 2 nitrogen and oxygen atoms in total. The highest BCUT2D eigenvalue weighted by Crippen LogP contribution is 2.24. The van der Waals surface area contributed by atoms with Crippen LogP contribution in [0.4, 0.5) is 10.1 Å². The van der Waals surface area contributed by atoms with Crippen LogP contribution in [0.15, 0.2) is 45.8 Å². The van der Waals surface area contributed by atoms with E-state index in [2.05, 4.69) is 15.9 Å². The zero-order valence-electron chi connectivity index (χ0n) is 10.3. The quantitative estimate of drug-likeness (QED) is 0.863. The van der Waals surface area contributed by atoms with E-state index < -0.39 is 10.8 Å². The molecule has 100 valence electrons. The highest BCUT2D eigenvalue weighted by molar-refractivity contribution is 9.10. The molecule has 0 fully saturated rings. The van der Waals surface area contributed by atoms with Crippen molar-refractivity contribution in [2.45, 2.75) is 17.6 Å². The third-order valence-corrected chi connectivity index (χ3v) is 4.72. The van der Waals surface area contributed by atoms with E-state index in [0.29, 0.717) is 16.3 Å². The Morgan fingerprint density at radius 1 is 1.26 bits per heavy atom. The summed E-state index contributed by atoms with van der Waals surface area (Å²) in [6.07, 6.45) is 0. The van der Waals surface area contributed by atoms with Gasteiger partial charge in [0.1, 0.15) is 5.82 Å². The molecule has 2 aromatic carbocycles. The lowest BCUT2D eigenvalue weighted by molar-refractivity contribution is 0.626. The van der Waals surface area contributed by atoms with Gasteiger partial charge < -0.3 is 5.73 Å². The van der Waals surface area contributed by atoms with Crippen LogP contribution >= 0.6 is 15.9 Å². The Hall–Kier alpha value is -1.20. The first-order valence-corrected chi connectivity index (χ1v) is 7.77. The molecule has 5 heteroatoms. The second-order valence-corrected chi connectivity index (χ2v) is 6.58. The molecule has 0 aliphatic carbocycles. The van der Waals surface area contributed by atoms with Crippen molar-refractivity contribution in [1.29, 1.82) is 0 Å². The van der Waals surface area contributed by atoms with Crippen molar-refractivity contribution >= 4 is 32.4 Å². The third kappa shape index (κ3) is 3.42. The van der Waals surface area contributed by atoms with Gasteiger partial charge in [0.25, 0.3) is 0 Å². The Morgan fingerprint density at radius 2 is 2.00 bits per heavy atom. The zero-order valence-corrected chi connectivity index (χ0v) is 12.7. The number of hydrogen-bond acceptors (Lipinski definition) is 2. The van der Waals surface area contributed by atoms with Gasteiger partial charge in [-0.25, -0.2) is 4.39 Å². The van der Waals surface area contributed by atoms with Gasteiger partial charge in [-0.1, -0.05) is 22.0 Å². The fraction of sp³-hybridized carbons (Fsp3) is 0.143. The van der Waals surface area contributed by atoms with E-state index in [0.717, 1.165) is 15.6 Å². The van der Waals surface area contributed by atoms with Crippen LogP contribution in [0.1, 0.15) is 11.1 Å². The molecular formula is C14H13BrFNOS. The highest BCUT2D eigenvalue weighted by Gasteiger charge is 2.11. The number of aryl methyl sites for hydroxylation is 1. The van der Waals surface area contributed by atoms with Crippen LogP contribution in [-0.2, 0) is 16.6 Å². The molecule has 2 rings (SSSR count). The standard InChI is InChI=1S/C14H13BrFNOS/c1-9-6-12(16)4-2-10(9)8-19(18)14-7-11(15)3-5-13(14)17/h2-7H,8,17H2,1H3. The first kappa shape index (κ1) is 14.2. The Kier molecular flexibility index (Phi) is 4.37. The summed E-state index contributed by atoms with van der Waals surface area (Å²) in [4.78, 5) is 0.595. The molecule has 0 aromatic heterocycles. The highest BCUT2D eigenvalue weighted by atomic mass is 79.9. The van der Waals surface area contributed by atoms with E-state index >= 15 is 0 Å². The summed E-state index contributed by atoms with van der Waals surface area (Å²) >= 11 is 3.33. The maximum absolute atomic E-state index is 13.0. The molecule has 0 bridgehead atoms.